The van der Waals surface area contributed by atoms with Crippen molar-refractivity contribution in [3.05, 3.63) is 35.4 Å². The zero-order valence-electron chi connectivity index (χ0n) is 13.1. The van der Waals surface area contributed by atoms with Gasteiger partial charge in [-0.1, -0.05) is 29.8 Å². The van der Waals surface area contributed by atoms with E-state index >= 15 is 0 Å². The Kier molecular flexibility index (Phi) is 3.27. The van der Waals surface area contributed by atoms with E-state index in [-0.39, 0.29) is 5.41 Å². The first-order chi connectivity index (χ1) is 10.6. The number of nitrogens with zero attached hydrogens (tertiary/aromatic N) is 1. The average molecular weight is 301 g/mol. The quantitative estimate of drug-likeness (QED) is 0.842. The van der Waals surface area contributed by atoms with Crippen LogP contribution in [-0.4, -0.2) is 42.9 Å². The molecule has 0 unspecified atom stereocenters. The topological polar surface area (TPSA) is 38.8 Å². The van der Waals surface area contributed by atoms with Crippen molar-refractivity contribution >= 4 is 5.91 Å². The number of hydrogen-bond donors (Lipinski definition) is 0. The minimum Gasteiger partial charge on any atom is -0.347 e. The van der Waals surface area contributed by atoms with Crippen LogP contribution in [0.5, 0.6) is 0 Å². The van der Waals surface area contributed by atoms with E-state index in [0.717, 1.165) is 38.8 Å². The molecular weight excluding hydrogens is 278 g/mol. The molecule has 22 heavy (non-hydrogen) atoms. The third-order valence-corrected chi connectivity index (χ3v) is 5.39. The van der Waals surface area contributed by atoms with Gasteiger partial charge in [-0.2, -0.15) is 0 Å². The zero-order valence-corrected chi connectivity index (χ0v) is 13.1. The van der Waals surface area contributed by atoms with Gasteiger partial charge in [-0.05, 0) is 25.3 Å². The van der Waals surface area contributed by atoms with Gasteiger partial charge < -0.3 is 14.4 Å². The van der Waals surface area contributed by atoms with E-state index in [0.29, 0.717) is 19.1 Å². The van der Waals surface area contributed by atoms with Crippen LogP contribution in [0.15, 0.2) is 24.3 Å². The molecule has 2 aliphatic heterocycles. The highest BCUT2D eigenvalue weighted by Gasteiger charge is 2.54. The summed E-state index contributed by atoms with van der Waals surface area (Å²) in [4.78, 5) is 15.0. The predicted octanol–water partition coefficient (Wildman–Crippen LogP) is 2.39. The lowest BCUT2D eigenvalue weighted by Crippen LogP contribution is -2.50. The summed E-state index contributed by atoms with van der Waals surface area (Å²) in [6.45, 7) is 4.93. The lowest BCUT2D eigenvalue weighted by Gasteiger charge is -2.39. The molecule has 0 aromatic heterocycles. The number of aryl methyl sites for hydroxylation is 1. The average Bonchev–Trinajstić information content (AvgIpc) is 3.24. The lowest BCUT2D eigenvalue weighted by molar-refractivity contribution is -0.188. The maximum atomic E-state index is 13.0. The number of carbonyl (C=O) groups excluding carboxylic acids is 1. The number of rotatable bonds is 2. The maximum Gasteiger partial charge on any atom is 0.233 e. The lowest BCUT2D eigenvalue weighted by atomic mass is 9.92. The number of piperidine rings is 1. The molecule has 3 aliphatic rings. The molecule has 1 amide bonds. The van der Waals surface area contributed by atoms with Crippen molar-refractivity contribution in [2.75, 3.05) is 26.3 Å². The first-order valence-electron chi connectivity index (χ1n) is 8.28. The van der Waals surface area contributed by atoms with Crippen LogP contribution >= 0.6 is 0 Å². The second-order valence-corrected chi connectivity index (χ2v) is 6.85. The fraction of sp³-hybridized carbons (Fsp3) is 0.611. The van der Waals surface area contributed by atoms with Crippen molar-refractivity contribution in [2.45, 2.75) is 43.8 Å². The molecule has 2 saturated heterocycles. The van der Waals surface area contributed by atoms with E-state index in [1.165, 1.54) is 11.1 Å². The molecule has 4 nitrogen and oxygen atoms in total. The number of ether oxygens (including phenoxy) is 2. The van der Waals surface area contributed by atoms with Gasteiger partial charge in [-0.15, -0.1) is 0 Å². The number of hydrogen-bond acceptors (Lipinski definition) is 3. The monoisotopic (exact) mass is 301 g/mol. The van der Waals surface area contributed by atoms with Gasteiger partial charge in [-0.25, -0.2) is 0 Å². The van der Waals surface area contributed by atoms with Crippen molar-refractivity contribution in [3.8, 4) is 0 Å². The molecule has 118 valence electrons. The molecule has 4 heteroatoms. The van der Waals surface area contributed by atoms with E-state index in [4.69, 9.17) is 9.47 Å². The van der Waals surface area contributed by atoms with Gasteiger partial charge in [0.1, 0.15) is 0 Å². The second kappa shape index (κ2) is 5.07. The smallest absolute Gasteiger partial charge is 0.233 e. The molecular formula is C18H23NO3. The molecule has 1 saturated carbocycles. The van der Waals surface area contributed by atoms with Gasteiger partial charge >= 0.3 is 0 Å². The summed E-state index contributed by atoms with van der Waals surface area (Å²) < 4.78 is 11.5. The van der Waals surface area contributed by atoms with E-state index in [1.807, 2.05) is 4.90 Å². The fourth-order valence-corrected chi connectivity index (χ4v) is 3.76. The molecule has 1 aromatic carbocycles. The van der Waals surface area contributed by atoms with E-state index in [2.05, 4.69) is 31.2 Å². The largest absolute Gasteiger partial charge is 0.347 e. The molecule has 4 rings (SSSR count). The zero-order chi connectivity index (χ0) is 15.2. The third-order valence-electron chi connectivity index (χ3n) is 5.39. The first kappa shape index (κ1) is 14.2. The van der Waals surface area contributed by atoms with Crippen molar-refractivity contribution in [2.24, 2.45) is 0 Å². The summed E-state index contributed by atoms with van der Waals surface area (Å²) in [5.41, 5.74) is 2.16. The van der Waals surface area contributed by atoms with Crippen molar-refractivity contribution in [3.63, 3.8) is 0 Å². The summed E-state index contributed by atoms with van der Waals surface area (Å²) >= 11 is 0. The highest BCUT2D eigenvalue weighted by molar-refractivity contribution is 5.91. The van der Waals surface area contributed by atoms with Crippen molar-refractivity contribution in [1.82, 2.24) is 4.90 Å². The van der Waals surface area contributed by atoms with Gasteiger partial charge in [0.05, 0.1) is 18.6 Å². The van der Waals surface area contributed by atoms with Crippen LogP contribution in [0.25, 0.3) is 0 Å². The number of likely N-dealkylation sites (tertiary alicyclic amines) is 1. The number of benzene rings is 1. The van der Waals surface area contributed by atoms with E-state index in [1.54, 1.807) is 0 Å². The summed E-state index contributed by atoms with van der Waals surface area (Å²) in [5.74, 6) is -0.110. The summed E-state index contributed by atoms with van der Waals surface area (Å²) in [6.07, 6.45) is 3.54. The normalized spacial score (nSPS) is 25.4. The Morgan fingerprint density at radius 1 is 1.00 bits per heavy atom. The van der Waals surface area contributed by atoms with Crippen LogP contribution in [-0.2, 0) is 19.7 Å². The fourth-order valence-electron chi connectivity index (χ4n) is 3.76. The van der Waals surface area contributed by atoms with Crippen molar-refractivity contribution in [1.29, 1.82) is 0 Å². The van der Waals surface area contributed by atoms with E-state index < -0.39 is 5.79 Å². The van der Waals surface area contributed by atoms with Gasteiger partial charge in [0.25, 0.3) is 0 Å². The Balaban J connectivity index is 1.47. The Labute approximate surface area is 131 Å². The predicted molar refractivity (Wildman–Crippen MR) is 82.5 cm³/mol. The molecule has 3 fully saturated rings. The van der Waals surface area contributed by atoms with Crippen molar-refractivity contribution < 1.29 is 14.3 Å². The number of amides is 1. The summed E-state index contributed by atoms with van der Waals surface area (Å²) in [7, 11) is 0. The maximum absolute atomic E-state index is 13.0. The molecule has 1 spiro atoms. The Bertz CT molecular complexity index is 560. The van der Waals surface area contributed by atoms with Gasteiger partial charge in [0.15, 0.2) is 5.79 Å². The Hall–Kier alpha value is -1.39. The molecule has 2 heterocycles. The minimum absolute atomic E-state index is 0.254. The number of carbonyl (C=O) groups is 1. The molecule has 1 aliphatic carbocycles. The molecule has 1 aromatic rings. The second-order valence-electron chi connectivity index (χ2n) is 6.85. The van der Waals surface area contributed by atoms with Crippen LogP contribution in [0.2, 0.25) is 0 Å². The van der Waals surface area contributed by atoms with E-state index in [9.17, 15) is 4.79 Å². The highest BCUT2D eigenvalue weighted by Crippen LogP contribution is 2.50. The van der Waals surface area contributed by atoms with Gasteiger partial charge in [-0.3, -0.25) is 4.79 Å². The van der Waals surface area contributed by atoms with Crippen LogP contribution in [0, 0.1) is 6.92 Å². The van der Waals surface area contributed by atoms with Crippen LogP contribution < -0.4 is 0 Å². The molecule has 0 N–H and O–H groups in total. The first-order valence-corrected chi connectivity index (χ1v) is 8.28. The Morgan fingerprint density at radius 2 is 1.59 bits per heavy atom. The molecule has 0 radical (unpaired) electrons. The molecule has 0 bridgehead atoms. The summed E-state index contributed by atoms with van der Waals surface area (Å²) in [6, 6.07) is 8.45. The Morgan fingerprint density at radius 3 is 2.14 bits per heavy atom. The highest BCUT2D eigenvalue weighted by atomic mass is 16.7. The van der Waals surface area contributed by atoms with Crippen LogP contribution in [0.4, 0.5) is 0 Å². The summed E-state index contributed by atoms with van der Waals surface area (Å²) in [5, 5.41) is 0. The third kappa shape index (κ3) is 2.25. The van der Waals surface area contributed by atoms with Gasteiger partial charge in [0.2, 0.25) is 5.91 Å². The van der Waals surface area contributed by atoms with Crippen LogP contribution in [0.1, 0.15) is 36.8 Å². The molecule has 0 atom stereocenters. The SMILES string of the molecule is Cc1ccc(C2(C(=O)N3CCC4(CC3)OCCO4)CC2)cc1. The minimum atomic E-state index is -0.405. The standard InChI is InChI=1S/C18H23NO3/c1-14-2-4-15(5-3-14)17(6-7-17)16(20)19-10-8-18(9-11-19)21-12-13-22-18/h2-5H,6-13H2,1H3. The van der Waals surface area contributed by atoms with Gasteiger partial charge in [0, 0.05) is 25.9 Å². The van der Waals surface area contributed by atoms with Crippen LogP contribution in [0.3, 0.4) is 0 Å².